The predicted molar refractivity (Wildman–Crippen MR) is 88.2 cm³/mol. The van der Waals surface area contributed by atoms with Crippen molar-refractivity contribution in [3.8, 4) is 0 Å². The van der Waals surface area contributed by atoms with Crippen LogP contribution in [0.1, 0.15) is 18.2 Å². The lowest BCUT2D eigenvalue weighted by molar-refractivity contribution is 0.199. The highest BCUT2D eigenvalue weighted by molar-refractivity contribution is 9.10. The van der Waals surface area contributed by atoms with Crippen molar-refractivity contribution in [3.05, 3.63) is 58.3 Å². The number of thioether (sulfide) groups is 1. The van der Waals surface area contributed by atoms with Gasteiger partial charge in [0.1, 0.15) is 0 Å². The molecule has 1 unspecified atom stereocenters. The van der Waals surface area contributed by atoms with E-state index in [4.69, 9.17) is 0 Å². The Balaban J connectivity index is 1.86. The van der Waals surface area contributed by atoms with Gasteiger partial charge >= 0.3 is 0 Å². The quantitative estimate of drug-likeness (QED) is 0.795. The summed E-state index contributed by atoms with van der Waals surface area (Å²) in [5.41, 5.74) is 2.17. The summed E-state index contributed by atoms with van der Waals surface area (Å²) in [6.07, 6.45) is 3.10. The van der Waals surface area contributed by atoms with Crippen molar-refractivity contribution in [2.24, 2.45) is 0 Å². The zero-order valence-corrected chi connectivity index (χ0v) is 13.8. The zero-order chi connectivity index (χ0) is 14.4. The molecular formula is C16H18BrNOS. The molecule has 1 N–H and O–H groups in total. The highest BCUT2D eigenvalue weighted by atomic mass is 79.9. The summed E-state index contributed by atoms with van der Waals surface area (Å²) in [6.45, 7) is 2.11. The van der Waals surface area contributed by atoms with Crippen LogP contribution in [0.4, 0.5) is 0 Å². The first-order chi connectivity index (χ1) is 9.69. The topological polar surface area (TPSA) is 33.1 Å². The van der Waals surface area contributed by atoms with Crippen LogP contribution in [-0.4, -0.2) is 21.9 Å². The predicted octanol–water partition coefficient (Wildman–Crippen LogP) is 4.10. The molecule has 2 aromatic rings. The standard InChI is InChI=1S/C16H18BrNOS/c1-2-12-7-8-13(18-10-12)9-14(19)11-20-16-6-4-3-5-15(16)17/h3-8,10,14,19H,2,9,11H2,1H3. The third kappa shape index (κ3) is 4.62. The molecule has 20 heavy (non-hydrogen) atoms. The molecule has 0 saturated heterocycles. The lowest BCUT2D eigenvalue weighted by Gasteiger charge is -2.11. The van der Waals surface area contributed by atoms with Gasteiger partial charge in [-0.1, -0.05) is 25.1 Å². The van der Waals surface area contributed by atoms with Crippen molar-refractivity contribution in [3.63, 3.8) is 0 Å². The number of aliphatic hydroxyl groups is 1. The zero-order valence-electron chi connectivity index (χ0n) is 11.4. The van der Waals surface area contributed by atoms with Gasteiger partial charge in [0.25, 0.3) is 0 Å². The molecule has 0 fully saturated rings. The maximum atomic E-state index is 10.1. The Bertz CT molecular complexity index is 544. The molecule has 0 aliphatic carbocycles. The fraction of sp³-hybridized carbons (Fsp3) is 0.312. The average molecular weight is 352 g/mol. The normalized spacial score (nSPS) is 12.3. The van der Waals surface area contributed by atoms with Crippen LogP contribution in [0, 0.1) is 0 Å². The van der Waals surface area contributed by atoms with E-state index in [9.17, 15) is 5.11 Å². The molecular weight excluding hydrogens is 334 g/mol. The smallest absolute Gasteiger partial charge is 0.0689 e. The fourth-order valence-electron chi connectivity index (χ4n) is 1.83. The third-order valence-electron chi connectivity index (χ3n) is 3.01. The molecule has 2 nitrogen and oxygen atoms in total. The van der Waals surface area contributed by atoms with Gasteiger partial charge in [-0.3, -0.25) is 4.98 Å². The first kappa shape index (κ1) is 15.5. The second-order valence-electron chi connectivity index (χ2n) is 4.61. The summed E-state index contributed by atoms with van der Waals surface area (Å²) >= 11 is 5.17. The number of hydrogen-bond acceptors (Lipinski definition) is 3. The molecule has 0 amide bonds. The van der Waals surface area contributed by atoms with Gasteiger partial charge in [-0.25, -0.2) is 0 Å². The first-order valence-electron chi connectivity index (χ1n) is 6.68. The molecule has 0 radical (unpaired) electrons. The van der Waals surface area contributed by atoms with Crippen LogP contribution in [0.15, 0.2) is 52.0 Å². The second kappa shape index (κ2) is 7.81. The summed E-state index contributed by atoms with van der Waals surface area (Å²) in [7, 11) is 0. The summed E-state index contributed by atoms with van der Waals surface area (Å²) in [5, 5.41) is 10.1. The molecule has 2 rings (SSSR count). The maximum Gasteiger partial charge on any atom is 0.0689 e. The number of nitrogens with zero attached hydrogens (tertiary/aromatic N) is 1. The summed E-state index contributed by atoms with van der Waals surface area (Å²) in [5.74, 6) is 0.666. The van der Waals surface area contributed by atoms with E-state index in [0.717, 1.165) is 21.5 Å². The van der Waals surface area contributed by atoms with E-state index >= 15 is 0 Å². The molecule has 1 heterocycles. The van der Waals surface area contributed by atoms with Crippen molar-refractivity contribution in [1.29, 1.82) is 0 Å². The van der Waals surface area contributed by atoms with Crippen LogP contribution in [-0.2, 0) is 12.8 Å². The molecule has 0 saturated carbocycles. The highest BCUT2D eigenvalue weighted by Gasteiger charge is 2.09. The number of hydrogen-bond donors (Lipinski definition) is 1. The summed E-state index contributed by atoms with van der Waals surface area (Å²) < 4.78 is 1.07. The van der Waals surface area contributed by atoms with Crippen molar-refractivity contribution < 1.29 is 5.11 Å². The van der Waals surface area contributed by atoms with Gasteiger partial charge < -0.3 is 5.11 Å². The van der Waals surface area contributed by atoms with Gasteiger partial charge in [-0.05, 0) is 46.1 Å². The molecule has 1 aromatic carbocycles. The van der Waals surface area contributed by atoms with Crippen molar-refractivity contribution in [2.45, 2.75) is 30.8 Å². The van der Waals surface area contributed by atoms with E-state index < -0.39 is 0 Å². The molecule has 1 atom stereocenters. The maximum absolute atomic E-state index is 10.1. The Hall–Kier alpha value is -0.840. The van der Waals surface area contributed by atoms with Crippen molar-refractivity contribution in [1.82, 2.24) is 4.98 Å². The Labute approximate surface area is 132 Å². The number of rotatable bonds is 6. The largest absolute Gasteiger partial charge is 0.392 e. The lowest BCUT2D eigenvalue weighted by atomic mass is 10.1. The van der Waals surface area contributed by atoms with Crippen molar-refractivity contribution in [2.75, 3.05) is 5.75 Å². The van der Waals surface area contributed by atoms with Crippen molar-refractivity contribution >= 4 is 27.7 Å². The number of pyridine rings is 1. The van der Waals surface area contributed by atoms with E-state index in [-0.39, 0.29) is 6.10 Å². The highest BCUT2D eigenvalue weighted by Crippen LogP contribution is 2.27. The summed E-state index contributed by atoms with van der Waals surface area (Å²) in [4.78, 5) is 5.54. The van der Waals surface area contributed by atoms with Gasteiger partial charge in [0.2, 0.25) is 0 Å². The lowest BCUT2D eigenvalue weighted by Crippen LogP contribution is -2.14. The second-order valence-corrected chi connectivity index (χ2v) is 6.53. The Morgan fingerprint density at radius 2 is 2.05 bits per heavy atom. The number of aryl methyl sites for hydroxylation is 1. The fourth-order valence-corrected chi connectivity index (χ4v) is 3.33. The van der Waals surface area contributed by atoms with Crippen LogP contribution >= 0.6 is 27.7 Å². The van der Waals surface area contributed by atoms with E-state index in [0.29, 0.717) is 12.2 Å². The van der Waals surface area contributed by atoms with E-state index in [1.165, 1.54) is 5.56 Å². The van der Waals surface area contributed by atoms with Crippen LogP contribution in [0.2, 0.25) is 0 Å². The Morgan fingerprint density at radius 1 is 1.25 bits per heavy atom. The number of halogens is 1. The van der Waals surface area contributed by atoms with Crippen LogP contribution in [0.25, 0.3) is 0 Å². The van der Waals surface area contributed by atoms with Gasteiger partial charge in [-0.15, -0.1) is 11.8 Å². The van der Waals surface area contributed by atoms with Crippen LogP contribution in [0.5, 0.6) is 0 Å². The molecule has 0 aliphatic rings. The monoisotopic (exact) mass is 351 g/mol. The summed E-state index contributed by atoms with van der Waals surface area (Å²) in [6, 6.07) is 12.1. The molecule has 4 heteroatoms. The minimum Gasteiger partial charge on any atom is -0.392 e. The van der Waals surface area contributed by atoms with E-state index in [1.54, 1.807) is 11.8 Å². The minimum atomic E-state index is -0.382. The average Bonchev–Trinajstić information content (AvgIpc) is 2.47. The van der Waals surface area contributed by atoms with Crippen LogP contribution < -0.4 is 0 Å². The SMILES string of the molecule is CCc1ccc(CC(O)CSc2ccccc2Br)nc1. The molecule has 106 valence electrons. The molecule has 1 aromatic heterocycles. The number of aliphatic hydroxyl groups excluding tert-OH is 1. The minimum absolute atomic E-state index is 0.382. The Kier molecular flexibility index (Phi) is 6.07. The Morgan fingerprint density at radius 3 is 2.70 bits per heavy atom. The van der Waals surface area contributed by atoms with E-state index in [2.05, 4.69) is 40.0 Å². The molecule has 0 spiro atoms. The molecule has 0 bridgehead atoms. The first-order valence-corrected chi connectivity index (χ1v) is 8.46. The number of benzene rings is 1. The third-order valence-corrected chi connectivity index (χ3v) is 5.18. The van der Waals surface area contributed by atoms with E-state index in [1.807, 2.05) is 30.5 Å². The van der Waals surface area contributed by atoms with Crippen LogP contribution in [0.3, 0.4) is 0 Å². The van der Waals surface area contributed by atoms with Gasteiger partial charge in [0, 0.05) is 33.4 Å². The van der Waals surface area contributed by atoms with Gasteiger partial charge in [0.05, 0.1) is 6.10 Å². The van der Waals surface area contributed by atoms with Gasteiger partial charge in [-0.2, -0.15) is 0 Å². The molecule has 0 aliphatic heterocycles. The van der Waals surface area contributed by atoms with Gasteiger partial charge in [0.15, 0.2) is 0 Å². The number of aromatic nitrogens is 1.